The molecule has 0 N–H and O–H groups in total. The minimum atomic E-state index is -0.128. The van der Waals surface area contributed by atoms with E-state index in [0.717, 1.165) is 11.3 Å². The number of thioether (sulfide) groups is 1. The first kappa shape index (κ1) is 17.5. The van der Waals surface area contributed by atoms with Crippen LogP contribution in [0.2, 0.25) is 0 Å². The highest BCUT2D eigenvalue weighted by Gasteiger charge is 2.21. The highest BCUT2D eigenvalue weighted by molar-refractivity contribution is 7.97. The smallest absolute Gasteiger partial charge is 0.253 e. The van der Waals surface area contributed by atoms with E-state index < -0.39 is 0 Å². The molecule has 6 heteroatoms. The van der Waals surface area contributed by atoms with Gasteiger partial charge in [0.2, 0.25) is 11.8 Å². The van der Waals surface area contributed by atoms with Crippen molar-refractivity contribution in [3.05, 3.63) is 47.2 Å². The molecule has 0 spiro atoms. The van der Waals surface area contributed by atoms with E-state index in [1.165, 1.54) is 0 Å². The molecule has 0 saturated carbocycles. The summed E-state index contributed by atoms with van der Waals surface area (Å²) < 4.78 is 5.68. The van der Waals surface area contributed by atoms with E-state index in [-0.39, 0.29) is 11.3 Å². The van der Waals surface area contributed by atoms with Gasteiger partial charge in [0.15, 0.2) is 0 Å². The van der Waals surface area contributed by atoms with Crippen molar-refractivity contribution in [1.29, 1.82) is 0 Å². The van der Waals surface area contributed by atoms with Crippen LogP contribution in [0.25, 0.3) is 0 Å². The van der Waals surface area contributed by atoms with E-state index in [9.17, 15) is 4.79 Å². The van der Waals surface area contributed by atoms with Crippen LogP contribution in [0.5, 0.6) is 0 Å². The predicted molar refractivity (Wildman–Crippen MR) is 92.5 cm³/mol. The number of carbonyl (C=O) groups excluding carboxylic acids is 1. The third-order valence-corrected chi connectivity index (χ3v) is 4.17. The Morgan fingerprint density at radius 2 is 1.96 bits per heavy atom. The monoisotopic (exact) mass is 333 g/mol. The summed E-state index contributed by atoms with van der Waals surface area (Å²) in [5.74, 6) is 2.77. The summed E-state index contributed by atoms with van der Waals surface area (Å²) in [4.78, 5) is 13.6. The summed E-state index contributed by atoms with van der Waals surface area (Å²) in [5.41, 5.74) is 1.69. The number of aromatic nitrogens is 2. The summed E-state index contributed by atoms with van der Waals surface area (Å²) in [6.07, 6.45) is 0. The standard InChI is InChI=1S/C17H23N3O2S/c1-17(2,3)16-19-18-14(22-16)11-23-10-12-7-6-8-13(9-12)15(21)20(4)5/h6-9H,10-11H2,1-5H3. The topological polar surface area (TPSA) is 59.2 Å². The summed E-state index contributed by atoms with van der Waals surface area (Å²) >= 11 is 1.69. The largest absolute Gasteiger partial charge is 0.424 e. The zero-order valence-electron chi connectivity index (χ0n) is 14.3. The van der Waals surface area contributed by atoms with Crippen LogP contribution in [0.3, 0.4) is 0 Å². The highest BCUT2D eigenvalue weighted by Crippen LogP contribution is 2.23. The maximum absolute atomic E-state index is 12.0. The zero-order chi connectivity index (χ0) is 17.0. The van der Waals surface area contributed by atoms with E-state index in [4.69, 9.17) is 4.42 Å². The van der Waals surface area contributed by atoms with Crippen molar-refractivity contribution in [2.45, 2.75) is 37.7 Å². The van der Waals surface area contributed by atoms with Crippen molar-refractivity contribution in [2.75, 3.05) is 14.1 Å². The number of amides is 1. The lowest BCUT2D eigenvalue weighted by molar-refractivity contribution is 0.0827. The van der Waals surface area contributed by atoms with Gasteiger partial charge in [0, 0.05) is 30.8 Å². The van der Waals surface area contributed by atoms with Gasteiger partial charge in [-0.15, -0.1) is 22.0 Å². The first-order chi connectivity index (χ1) is 10.8. The van der Waals surface area contributed by atoms with Crippen molar-refractivity contribution in [1.82, 2.24) is 15.1 Å². The van der Waals surface area contributed by atoms with Gasteiger partial charge in [0.1, 0.15) is 0 Å². The summed E-state index contributed by atoms with van der Waals surface area (Å²) in [5, 5.41) is 8.17. The zero-order valence-corrected chi connectivity index (χ0v) is 15.1. The fourth-order valence-electron chi connectivity index (χ4n) is 1.92. The van der Waals surface area contributed by atoms with E-state index in [1.807, 2.05) is 45.0 Å². The molecule has 1 amide bonds. The van der Waals surface area contributed by atoms with Crippen molar-refractivity contribution < 1.29 is 9.21 Å². The number of hydrogen-bond donors (Lipinski definition) is 0. The molecule has 5 nitrogen and oxygen atoms in total. The molecule has 0 fully saturated rings. The molecular formula is C17H23N3O2S. The van der Waals surface area contributed by atoms with Crippen LogP contribution >= 0.6 is 11.8 Å². The molecular weight excluding hydrogens is 310 g/mol. The minimum Gasteiger partial charge on any atom is -0.424 e. The second kappa shape index (κ2) is 7.17. The average Bonchev–Trinajstić information content (AvgIpc) is 2.96. The second-order valence-corrected chi connectivity index (χ2v) is 7.63. The highest BCUT2D eigenvalue weighted by atomic mass is 32.2. The number of hydrogen-bond acceptors (Lipinski definition) is 5. The molecule has 0 bridgehead atoms. The normalized spacial score (nSPS) is 11.5. The molecule has 0 aliphatic heterocycles. The molecule has 0 aliphatic rings. The number of carbonyl (C=O) groups is 1. The molecule has 1 aromatic heterocycles. The average molecular weight is 333 g/mol. The van der Waals surface area contributed by atoms with Gasteiger partial charge in [0.25, 0.3) is 5.91 Å². The number of benzene rings is 1. The van der Waals surface area contributed by atoms with E-state index >= 15 is 0 Å². The first-order valence-electron chi connectivity index (χ1n) is 7.48. The van der Waals surface area contributed by atoms with Gasteiger partial charge in [-0.05, 0) is 17.7 Å². The second-order valence-electron chi connectivity index (χ2n) is 6.64. The van der Waals surface area contributed by atoms with Gasteiger partial charge in [-0.25, -0.2) is 0 Å². The van der Waals surface area contributed by atoms with Crippen LogP contribution in [-0.4, -0.2) is 35.1 Å². The van der Waals surface area contributed by atoms with Crippen molar-refractivity contribution in [2.24, 2.45) is 0 Å². The fourth-order valence-corrected chi connectivity index (χ4v) is 2.73. The minimum absolute atomic E-state index is 0.0172. The Morgan fingerprint density at radius 1 is 1.22 bits per heavy atom. The molecule has 124 valence electrons. The molecule has 1 heterocycles. The molecule has 0 saturated heterocycles. The van der Waals surface area contributed by atoms with Gasteiger partial charge in [0.05, 0.1) is 5.75 Å². The number of rotatable bonds is 5. The van der Waals surface area contributed by atoms with Crippen LogP contribution < -0.4 is 0 Å². The fraction of sp³-hybridized carbons (Fsp3) is 0.471. The number of nitrogens with zero attached hydrogens (tertiary/aromatic N) is 3. The predicted octanol–water partition coefficient (Wildman–Crippen LogP) is 3.50. The van der Waals surface area contributed by atoms with Crippen LogP contribution in [0.15, 0.2) is 28.7 Å². The van der Waals surface area contributed by atoms with Crippen molar-refractivity contribution in [3.8, 4) is 0 Å². The maximum Gasteiger partial charge on any atom is 0.253 e. The summed E-state index contributed by atoms with van der Waals surface area (Å²) in [6, 6.07) is 7.71. The Labute approximate surface area is 141 Å². The summed E-state index contributed by atoms with van der Waals surface area (Å²) in [6.45, 7) is 6.14. The molecule has 2 rings (SSSR count). The third-order valence-electron chi connectivity index (χ3n) is 3.18. The van der Waals surface area contributed by atoms with Gasteiger partial charge in [-0.2, -0.15) is 0 Å². The lowest BCUT2D eigenvalue weighted by atomic mass is 9.97. The molecule has 0 aliphatic carbocycles. The van der Waals surface area contributed by atoms with Gasteiger partial charge < -0.3 is 9.32 Å². The van der Waals surface area contributed by atoms with Crippen LogP contribution in [0, 0.1) is 0 Å². The van der Waals surface area contributed by atoms with Crippen LogP contribution in [0.4, 0.5) is 0 Å². The SMILES string of the molecule is CN(C)C(=O)c1cccc(CSCc2nnc(C(C)(C)C)o2)c1. The van der Waals surface area contributed by atoms with Crippen LogP contribution in [-0.2, 0) is 16.9 Å². The van der Waals surface area contributed by atoms with E-state index in [2.05, 4.69) is 10.2 Å². The molecule has 23 heavy (non-hydrogen) atoms. The molecule has 0 unspecified atom stereocenters. The molecule has 2 aromatic rings. The summed E-state index contributed by atoms with van der Waals surface area (Å²) in [7, 11) is 3.51. The molecule has 0 atom stereocenters. The van der Waals surface area contributed by atoms with Gasteiger partial charge >= 0.3 is 0 Å². The lowest BCUT2D eigenvalue weighted by Crippen LogP contribution is -2.21. The molecule has 1 aromatic carbocycles. The van der Waals surface area contributed by atoms with Gasteiger partial charge in [-0.1, -0.05) is 32.9 Å². The van der Waals surface area contributed by atoms with Crippen LogP contribution in [0.1, 0.15) is 48.5 Å². The maximum atomic E-state index is 12.0. The first-order valence-corrected chi connectivity index (χ1v) is 8.64. The Hall–Kier alpha value is -1.82. The van der Waals surface area contributed by atoms with Crippen molar-refractivity contribution >= 4 is 17.7 Å². The Morgan fingerprint density at radius 3 is 2.57 bits per heavy atom. The molecule has 0 radical (unpaired) electrons. The van der Waals surface area contributed by atoms with E-state index in [1.54, 1.807) is 30.8 Å². The lowest BCUT2D eigenvalue weighted by Gasteiger charge is -2.11. The van der Waals surface area contributed by atoms with Gasteiger partial charge in [-0.3, -0.25) is 4.79 Å². The Kier molecular flexibility index (Phi) is 5.46. The third kappa shape index (κ3) is 4.82. The Bertz CT molecular complexity index is 674. The Balaban J connectivity index is 1.93. The quantitative estimate of drug-likeness (QED) is 0.838. The van der Waals surface area contributed by atoms with Crippen molar-refractivity contribution in [3.63, 3.8) is 0 Å². The van der Waals surface area contributed by atoms with E-state index in [0.29, 0.717) is 23.1 Å².